The Bertz CT molecular complexity index is 566. The Hall–Kier alpha value is -2.45. The molecule has 1 saturated carbocycles. The van der Waals surface area contributed by atoms with E-state index < -0.39 is 16.9 Å². The lowest BCUT2D eigenvalue weighted by Crippen LogP contribution is -2.45. The molecule has 1 aromatic rings. The van der Waals surface area contributed by atoms with E-state index >= 15 is 0 Å². The second kappa shape index (κ2) is 5.90. The number of nitro groups is 1. The van der Waals surface area contributed by atoms with Gasteiger partial charge in [0.05, 0.1) is 4.92 Å². The maximum absolute atomic E-state index is 12.2. The highest BCUT2D eigenvalue weighted by Crippen LogP contribution is 2.29. The van der Waals surface area contributed by atoms with Crippen LogP contribution in [0.25, 0.3) is 0 Å². The molecule has 21 heavy (non-hydrogen) atoms. The molecule has 0 bridgehead atoms. The minimum Gasteiger partial charge on any atom is -0.480 e. The number of aliphatic carboxylic acids is 1. The van der Waals surface area contributed by atoms with E-state index in [1.165, 1.54) is 22.7 Å². The van der Waals surface area contributed by atoms with Crippen LogP contribution in [-0.2, 0) is 16.1 Å². The number of carbonyl (C=O) groups excluding carboxylic acids is 1. The zero-order valence-corrected chi connectivity index (χ0v) is 11.5. The van der Waals surface area contributed by atoms with Gasteiger partial charge in [0.1, 0.15) is 18.4 Å². The van der Waals surface area contributed by atoms with Gasteiger partial charge in [-0.2, -0.15) is 5.10 Å². The molecule has 0 radical (unpaired) electrons. The van der Waals surface area contributed by atoms with Gasteiger partial charge in [0.2, 0.25) is 5.91 Å². The van der Waals surface area contributed by atoms with Crippen molar-refractivity contribution >= 4 is 17.6 Å². The standard InChI is InChI=1S/C12H16N4O5/c1-8(12(18)19)15(9-2-3-9)11(17)4-5-14-7-10(6-13-14)16(20)21/h6-9H,2-5H2,1H3,(H,18,19). The SMILES string of the molecule is CC(C(=O)O)N(C(=O)CCn1cc([N+](=O)[O-])cn1)C1CC1. The number of carbonyl (C=O) groups is 2. The van der Waals surface area contributed by atoms with E-state index in [9.17, 15) is 19.7 Å². The van der Waals surface area contributed by atoms with E-state index in [-0.39, 0.29) is 30.6 Å². The number of hydrogen-bond donors (Lipinski definition) is 1. The van der Waals surface area contributed by atoms with Crippen molar-refractivity contribution in [1.29, 1.82) is 0 Å². The van der Waals surface area contributed by atoms with Crippen LogP contribution in [0.2, 0.25) is 0 Å². The maximum atomic E-state index is 12.2. The molecule has 1 heterocycles. The molecule has 1 unspecified atom stereocenters. The number of amides is 1. The predicted octanol–water partition coefficient (Wildman–Crippen LogP) is 0.645. The second-order valence-corrected chi connectivity index (χ2v) is 5.02. The Morgan fingerprint density at radius 1 is 1.62 bits per heavy atom. The van der Waals surface area contributed by atoms with Gasteiger partial charge < -0.3 is 10.0 Å². The molecular formula is C12H16N4O5. The van der Waals surface area contributed by atoms with E-state index in [2.05, 4.69) is 5.10 Å². The fourth-order valence-electron chi connectivity index (χ4n) is 2.12. The van der Waals surface area contributed by atoms with Gasteiger partial charge in [0.25, 0.3) is 0 Å². The number of hydrogen-bond acceptors (Lipinski definition) is 5. The fourth-order valence-corrected chi connectivity index (χ4v) is 2.12. The molecule has 9 nitrogen and oxygen atoms in total. The molecule has 9 heteroatoms. The lowest BCUT2D eigenvalue weighted by molar-refractivity contribution is -0.385. The molecule has 1 aromatic heterocycles. The maximum Gasteiger partial charge on any atom is 0.326 e. The summed E-state index contributed by atoms with van der Waals surface area (Å²) in [5.41, 5.74) is -0.139. The molecule has 1 atom stereocenters. The van der Waals surface area contributed by atoms with Crippen LogP contribution in [0.15, 0.2) is 12.4 Å². The molecule has 1 aliphatic carbocycles. The summed E-state index contributed by atoms with van der Waals surface area (Å²) in [4.78, 5) is 34.6. The first-order valence-electron chi connectivity index (χ1n) is 6.61. The summed E-state index contributed by atoms with van der Waals surface area (Å²) in [5.74, 6) is -1.31. The minimum atomic E-state index is -1.04. The van der Waals surface area contributed by atoms with E-state index in [0.29, 0.717) is 0 Å². The second-order valence-electron chi connectivity index (χ2n) is 5.02. The Balaban J connectivity index is 1.95. The number of aryl methyl sites for hydroxylation is 1. The van der Waals surface area contributed by atoms with Crippen molar-refractivity contribution in [2.75, 3.05) is 0 Å². The Labute approximate surface area is 120 Å². The Kier molecular flexibility index (Phi) is 4.20. The lowest BCUT2D eigenvalue weighted by atomic mass is 10.2. The summed E-state index contributed by atoms with van der Waals surface area (Å²) in [6.07, 6.45) is 4.05. The van der Waals surface area contributed by atoms with Crippen molar-refractivity contribution in [2.45, 2.75) is 44.8 Å². The summed E-state index contributed by atoms with van der Waals surface area (Å²) < 4.78 is 1.31. The highest BCUT2D eigenvalue weighted by Gasteiger charge is 2.38. The summed E-state index contributed by atoms with van der Waals surface area (Å²) in [5, 5.41) is 23.4. The van der Waals surface area contributed by atoms with Gasteiger partial charge in [-0.05, 0) is 19.8 Å². The van der Waals surface area contributed by atoms with Gasteiger partial charge >= 0.3 is 11.7 Å². The van der Waals surface area contributed by atoms with Gasteiger partial charge in [-0.1, -0.05) is 0 Å². The normalized spacial score (nSPS) is 15.5. The van der Waals surface area contributed by atoms with Crippen LogP contribution in [0.5, 0.6) is 0 Å². The van der Waals surface area contributed by atoms with Crippen molar-refractivity contribution in [3.05, 3.63) is 22.5 Å². The largest absolute Gasteiger partial charge is 0.480 e. The zero-order valence-electron chi connectivity index (χ0n) is 11.5. The van der Waals surface area contributed by atoms with Gasteiger partial charge in [0.15, 0.2) is 0 Å². The molecule has 0 saturated heterocycles. The summed E-state index contributed by atoms with van der Waals surface area (Å²) in [6, 6.07) is -0.868. The molecule has 0 aliphatic heterocycles. The number of nitrogens with zero attached hydrogens (tertiary/aromatic N) is 4. The van der Waals surface area contributed by atoms with E-state index in [4.69, 9.17) is 5.11 Å². The molecule has 1 fully saturated rings. The molecule has 1 N–H and O–H groups in total. The molecular weight excluding hydrogens is 280 g/mol. The Morgan fingerprint density at radius 3 is 2.76 bits per heavy atom. The highest BCUT2D eigenvalue weighted by atomic mass is 16.6. The first-order valence-corrected chi connectivity index (χ1v) is 6.61. The lowest BCUT2D eigenvalue weighted by Gasteiger charge is -2.26. The molecule has 2 rings (SSSR count). The topological polar surface area (TPSA) is 119 Å². The summed E-state index contributed by atoms with van der Waals surface area (Å²) >= 11 is 0. The van der Waals surface area contributed by atoms with Crippen molar-refractivity contribution in [3.8, 4) is 0 Å². The van der Waals surface area contributed by atoms with Crippen LogP contribution in [0.3, 0.4) is 0 Å². The predicted molar refractivity (Wildman–Crippen MR) is 70.5 cm³/mol. The molecule has 1 amide bonds. The Morgan fingerprint density at radius 2 is 2.29 bits per heavy atom. The number of aromatic nitrogens is 2. The number of carboxylic acid groups (broad SMARTS) is 1. The van der Waals surface area contributed by atoms with Crippen LogP contribution in [0.1, 0.15) is 26.2 Å². The van der Waals surface area contributed by atoms with Crippen molar-refractivity contribution in [2.24, 2.45) is 0 Å². The third-order valence-electron chi connectivity index (χ3n) is 3.39. The zero-order chi connectivity index (χ0) is 15.6. The third-order valence-corrected chi connectivity index (χ3v) is 3.39. The quantitative estimate of drug-likeness (QED) is 0.582. The average Bonchev–Trinajstić information content (AvgIpc) is 3.13. The smallest absolute Gasteiger partial charge is 0.326 e. The first-order chi connectivity index (χ1) is 9.90. The number of carboxylic acids is 1. The summed E-state index contributed by atoms with van der Waals surface area (Å²) in [6.45, 7) is 1.67. The molecule has 1 aliphatic rings. The van der Waals surface area contributed by atoms with Crippen LogP contribution in [0.4, 0.5) is 5.69 Å². The van der Waals surface area contributed by atoms with Gasteiger partial charge in [-0.25, -0.2) is 4.79 Å². The van der Waals surface area contributed by atoms with Crippen LogP contribution < -0.4 is 0 Å². The van der Waals surface area contributed by atoms with Gasteiger partial charge in [-0.3, -0.25) is 19.6 Å². The summed E-state index contributed by atoms with van der Waals surface area (Å²) in [7, 11) is 0. The van der Waals surface area contributed by atoms with Gasteiger partial charge in [-0.15, -0.1) is 0 Å². The monoisotopic (exact) mass is 296 g/mol. The average molecular weight is 296 g/mol. The van der Waals surface area contributed by atoms with Gasteiger partial charge in [0, 0.05) is 19.0 Å². The van der Waals surface area contributed by atoms with Crippen LogP contribution in [-0.4, -0.2) is 48.7 Å². The molecule has 0 spiro atoms. The molecule has 0 aromatic carbocycles. The van der Waals surface area contributed by atoms with Crippen LogP contribution in [0, 0.1) is 10.1 Å². The van der Waals surface area contributed by atoms with Crippen molar-refractivity contribution in [3.63, 3.8) is 0 Å². The van der Waals surface area contributed by atoms with Crippen molar-refractivity contribution in [1.82, 2.24) is 14.7 Å². The number of rotatable bonds is 7. The first kappa shape index (κ1) is 14.9. The highest BCUT2D eigenvalue weighted by molar-refractivity contribution is 5.83. The fraction of sp³-hybridized carbons (Fsp3) is 0.583. The van der Waals surface area contributed by atoms with E-state index in [1.807, 2.05) is 0 Å². The third kappa shape index (κ3) is 3.56. The minimum absolute atomic E-state index is 0.00411. The van der Waals surface area contributed by atoms with Crippen LogP contribution >= 0.6 is 0 Å². The van der Waals surface area contributed by atoms with Crippen molar-refractivity contribution < 1.29 is 19.6 Å². The van der Waals surface area contributed by atoms with E-state index in [1.54, 1.807) is 0 Å². The van der Waals surface area contributed by atoms with E-state index in [0.717, 1.165) is 19.0 Å². The molecule has 114 valence electrons.